The first-order valence-electron chi connectivity index (χ1n) is 6.39. The van der Waals surface area contributed by atoms with Crippen LogP contribution in [0.5, 0.6) is 0 Å². The second kappa shape index (κ2) is 5.98. The maximum absolute atomic E-state index is 12.6. The molecule has 1 aliphatic carbocycles. The first kappa shape index (κ1) is 14.4. The highest BCUT2D eigenvalue weighted by molar-refractivity contribution is 5.96. The number of aliphatic carboxylic acids is 1. The van der Waals surface area contributed by atoms with E-state index in [1.54, 1.807) is 0 Å². The van der Waals surface area contributed by atoms with Crippen LogP contribution in [0.2, 0.25) is 0 Å². The molecule has 108 valence electrons. The van der Waals surface area contributed by atoms with E-state index < -0.39 is 24.3 Å². The van der Waals surface area contributed by atoms with Gasteiger partial charge in [0, 0.05) is 11.1 Å². The number of hydrogen-bond acceptors (Lipinski definition) is 2. The molecule has 1 fully saturated rings. The van der Waals surface area contributed by atoms with E-state index in [4.69, 9.17) is 5.11 Å². The van der Waals surface area contributed by atoms with Crippen molar-refractivity contribution < 1.29 is 23.5 Å². The number of carbonyl (C=O) groups excluding carboxylic acids is 1. The topological polar surface area (TPSA) is 66.4 Å². The van der Waals surface area contributed by atoms with Crippen molar-refractivity contribution in [3.8, 4) is 0 Å². The average Bonchev–Trinajstić information content (AvgIpc) is 3.21. The molecule has 2 rings (SSSR count). The lowest BCUT2D eigenvalue weighted by Crippen LogP contribution is -2.41. The molecular formula is C14H15F2NO3. The van der Waals surface area contributed by atoms with Gasteiger partial charge in [0.1, 0.15) is 6.04 Å². The Morgan fingerprint density at radius 2 is 2.05 bits per heavy atom. The highest BCUT2D eigenvalue weighted by Gasteiger charge is 2.30. The minimum atomic E-state index is -2.66. The minimum Gasteiger partial charge on any atom is -0.480 e. The van der Waals surface area contributed by atoms with Gasteiger partial charge in [0.05, 0.1) is 0 Å². The van der Waals surface area contributed by atoms with Crippen LogP contribution in [0.4, 0.5) is 8.78 Å². The van der Waals surface area contributed by atoms with E-state index in [2.05, 4.69) is 5.32 Å². The third kappa shape index (κ3) is 3.76. The van der Waals surface area contributed by atoms with Crippen LogP contribution in [0.3, 0.4) is 0 Å². The Hall–Kier alpha value is -1.98. The van der Waals surface area contributed by atoms with Crippen molar-refractivity contribution in [2.24, 2.45) is 5.92 Å². The van der Waals surface area contributed by atoms with Crippen LogP contribution in [-0.4, -0.2) is 23.0 Å². The highest BCUT2D eigenvalue weighted by Crippen LogP contribution is 2.33. The summed E-state index contributed by atoms with van der Waals surface area (Å²) in [4.78, 5) is 23.0. The molecule has 2 N–H and O–H groups in total. The van der Waals surface area contributed by atoms with Gasteiger partial charge in [-0.1, -0.05) is 25.0 Å². The van der Waals surface area contributed by atoms with Crippen molar-refractivity contribution in [2.45, 2.75) is 31.7 Å². The van der Waals surface area contributed by atoms with Crippen molar-refractivity contribution in [1.82, 2.24) is 5.32 Å². The highest BCUT2D eigenvalue weighted by atomic mass is 19.3. The fourth-order valence-electron chi connectivity index (χ4n) is 1.97. The Labute approximate surface area is 114 Å². The van der Waals surface area contributed by atoms with Gasteiger partial charge in [-0.3, -0.25) is 4.79 Å². The van der Waals surface area contributed by atoms with Crippen LogP contribution in [-0.2, 0) is 4.79 Å². The van der Waals surface area contributed by atoms with E-state index in [9.17, 15) is 18.4 Å². The van der Waals surface area contributed by atoms with Crippen molar-refractivity contribution in [2.75, 3.05) is 0 Å². The molecule has 1 amide bonds. The molecule has 0 heterocycles. The fraction of sp³-hybridized carbons (Fsp3) is 0.429. The zero-order chi connectivity index (χ0) is 14.7. The monoisotopic (exact) mass is 283 g/mol. The normalized spacial score (nSPS) is 15.9. The first-order chi connectivity index (χ1) is 9.47. The minimum absolute atomic E-state index is 0.0462. The lowest BCUT2D eigenvalue weighted by molar-refractivity contribution is -0.139. The van der Waals surface area contributed by atoms with Crippen molar-refractivity contribution >= 4 is 11.9 Å². The van der Waals surface area contributed by atoms with Gasteiger partial charge in [-0.15, -0.1) is 0 Å². The fourth-order valence-corrected chi connectivity index (χ4v) is 1.97. The Morgan fingerprint density at radius 1 is 1.35 bits per heavy atom. The van der Waals surface area contributed by atoms with E-state index in [-0.39, 0.29) is 11.1 Å². The zero-order valence-electron chi connectivity index (χ0n) is 10.7. The third-order valence-corrected chi connectivity index (χ3v) is 3.27. The molecule has 1 atom stereocenters. The maximum atomic E-state index is 12.6. The summed E-state index contributed by atoms with van der Waals surface area (Å²) in [6, 6.07) is 4.07. The van der Waals surface area contributed by atoms with Crippen LogP contribution in [0, 0.1) is 5.92 Å². The van der Waals surface area contributed by atoms with Gasteiger partial charge in [-0.25, -0.2) is 13.6 Å². The van der Waals surface area contributed by atoms with Gasteiger partial charge in [-0.2, -0.15) is 0 Å². The number of hydrogen-bond donors (Lipinski definition) is 2. The molecule has 1 saturated carbocycles. The summed E-state index contributed by atoms with van der Waals surface area (Å²) >= 11 is 0. The van der Waals surface area contributed by atoms with Gasteiger partial charge in [0.25, 0.3) is 12.3 Å². The van der Waals surface area contributed by atoms with Crippen LogP contribution in [0.25, 0.3) is 0 Å². The molecule has 0 radical (unpaired) electrons. The predicted octanol–water partition coefficient (Wildman–Crippen LogP) is 2.61. The lowest BCUT2D eigenvalue weighted by Gasteiger charge is -2.14. The Morgan fingerprint density at radius 3 is 2.60 bits per heavy atom. The van der Waals surface area contributed by atoms with Crippen LogP contribution >= 0.6 is 0 Å². The van der Waals surface area contributed by atoms with Gasteiger partial charge in [0.2, 0.25) is 0 Å². The summed E-state index contributed by atoms with van der Waals surface area (Å²) in [5.41, 5.74) is -0.212. The summed E-state index contributed by atoms with van der Waals surface area (Å²) in [6.45, 7) is 0. The van der Waals surface area contributed by atoms with Gasteiger partial charge in [0.15, 0.2) is 0 Å². The van der Waals surface area contributed by atoms with Gasteiger partial charge >= 0.3 is 5.97 Å². The molecule has 1 aromatic carbocycles. The summed E-state index contributed by atoms with van der Waals surface area (Å²) in [5.74, 6) is -1.40. The molecule has 20 heavy (non-hydrogen) atoms. The quantitative estimate of drug-likeness (QED) is 0.843. The zero-order valence-corrected chi connectivity index (χ0v) is 10.7. The van der Waals surface area contributed by atoms with Crippen molar-refractivity contribution in [3.63, 3.8) is 0 Å². The molecular weight excluding hydrogens is 268 g/mol. The van der Waals surface area contributed by atoms with Crippen molar-refractivity contribution in [1.29, 1.82) is 0 Å². The van der Waals surface area contributed by atoms with Crippen LogP contribution in [0.1, 0.15) is 41.6 Å². The van der Waals surface area contributed by atoms with Gasteiger partial charge in [-0.05, 0) is 24.5 Å². The maximum Gasteiger partial charge on any atom is 0.326 e. The van der Waals surface area contributed by atoms with Gasteiger partial charge < -0.3 is 10.4 Å². The van der Waals surface area contributed by atoms with E-state index in [0.717, 1.165) is 18.9 Å². The number of amides is 1. The van der Waals surface area contributed by atoms with E-state index in [1.165, 1.54) is 18.2 Å². The molecule has 1 unspecified atom stereocenters. The number of halogens is 2. The molecule has 1 aromatic rings. The third-order valence-electron chi connectivity index (χ3n) is 3.27. The molecule has 6 heteroatoms. The standard InChI is InChI=1S/C14H15F2NO3/c15-12(16)9-2-1-3-10(7-9)13(18)17-11(14(19)20)6-8-4-5-8/h1-3,7-8,11-12H,4-6H2,(H,17,18)(H,19,20). The number of carboxylic acids is 1. The number of benzene rings is 1. The van der Waals surface area contributed by atoms with Crippen LogP contribution < -0.4 is 5.32 Å². The SMILES string of the molecule is O=C(NC(CC1CC1)C(=O)O)c1cccc(C(F)F)c1. The largest absolute Gasteiger partial charge is 0.480 e. The smallest absolute Gasteiger partial charge is 0.326 e. The molecule has 0 saturated heterocycles. The van der Waals surface area contributed by atoms with Crippen LogP contribution in [0.15, 0.2) is 24.3 Å². The number of alkyl halides is 2. The Balaban J connectivity index is 2.05. The number of nitrogens with one attached hydrogen (secondary N) is 1. The summed E-state index contributed by atoms with van der Waals surface area (Å²) in [6.07, 6.45) is -0.333. The molecule has 0 aliphatic heterocycles. The number of carboxylic acid groups (broad SMARTS) is 1. The van der Waals surface area contributed by atoms with E-state index >= 15 is 0 Å². The predicted molar refractivity (Wildman–Crippen MR) is 67.6 cm³/mol. The number of rotatable bonds is 6. The second-order valence-corrected chi connectivity index (χ2v) is 4.97. The lowest BCUT2D eigenvalue weighted by atomic mass is 10.1. The number of carbonyl (C=O) groups is 2. The molecule has 1 aliphatic rings. The molecule has 4 nitrogen and oxygen atoms in total. The molecule has 0 bridgehead atoms. The summed E-state index contributed by atoms with van der Waals surface area (Å²) in [5, 5.41) is 11.4. The summed E-state index contributed by atoms with van der Waals surface area (Å²) < 4.78 is 25.1. The summed E-state index contributed by atoms with van der Waals surface area (Å²) in [7, 11) is 0. The second-order valence-electron chi connectivity index (χ2n) is 4.97. The molecule has 0 spiro atoms. The van der Waals surface area contributed by atoms with E-state index in [1.807, 2.05) is 0 Å². The van der Waals surface area contributed by atoms with Crippen molar-refractivity contribution in [3.05, 3.63) is 35.4 Å². The van der Waals surface area contributed by atoms with E-state index in [0.29, 0.717) is 12.3 Å². The first-order valence-corrected chi connectivity index (χ1v) is 6.39. The molecule has 0 aromatic heterocycles. The average molecular weight is 283 g/mol. The Kier molecular flexibility index (Phi) is 4.32. The Bertz CT molecular complexity index is 515.